The van der Waals surface area contributed by atoms with Crippen LogP contribution in [0.1, 0.15) is 23.2 Å². The molecule has 8 nitrogen and oxygen atoms in total. The van der Waals surface area contributed by atoms with Crippen LogP contribution in [0.5, 0.6) is 0 Å². The zero-order chi connectivity index (χ0) is 24.5. The smallest absolute Gasteiger partial charge is 0.281 e. The SMILES string of the molecule is CN1Cc2ccc(Nc3nc(C(F)F)c4cccc(N5CC6(C5)CN(S(C)(=O)=O)C6)c4n3)cc2C1. The number of nitrogens with one attached hydrogen (secondary N) is 1. The van der Waals surface area contributed by atoms with Crippen molar-refractivity contribution in [3.8, 4) is 0 Å². The molecule has 3 aliphatic rings. The summed E-state index contributed by atoms with van der Waals surface area (Å²) >= 11 is 0. The van der Waals surface area contributed by atoms with E-state index in [2.05, 4.69) is 32.1 Å². The van der Waals surface area contributed by atoms with Crippen LogP contribution in [0.25, 0.3) is 10.9 Å². The first kappa shape index (κ1) is 22.6. The second-order valence-electron chi connectivity index (χ2n) is 10.1. The molecule has 35 heavy (non-hydrogen) atoms. The highest BCUT2D eigenvalue weighted by Crippen LogP contribution is 2.44. The van der Waals surface area contributed by atoms with Crippen LogP contribution in [0, 0.1) is 5.41 Å². The molecule has 3 aromatic rings. The summed E-state index contributed by atoms with van der Waals surface area (Å²) in [5, 5.41) is 3.46. The number of hydrogen-bond acceptors (Lipinski definition) is 7. The molecule has 0 radical (unpaired) electrons. The lowest BCUT2D eigenvalue weighted by atomic mass is 9.74. The Morgan fingerprint density at radius 2 is 1.77 bits per heavy atom. The van der Waals surface area contributed by atoms with E-state index in [4.69, 9.17) is 0 Å². The van der Waals surface area contributed by atoms with E-state index in [0.29, 0.717) is 37.1 Å². The van der Waals surface area contributed by atoms with Crippen molar-refractivity contribution in [1.29, 1.82) is 0 Å². The van der Waals surface area contributed by atoms with Gasteiger partial charge >= 0.3 is 0 Å². The molecule has 6 rings (SSSR count). The van der Waals surface area contributed by atoms with Gasteiger partial charge in [0.15, 0.2) is 0 Å². The standard InChI is InChI=1S/C24H26F2N6O2S/c1-30-9-15-6-7-17(8-16(15)10-30)27-23-28-20-18(21(29-23)22(25)26)4-3-5-19(20)31-11-24(12-31)13-32(14-24)35(2,33)34/h3-8,22H,9-14H2,1-2H3,(H,27,28,29). The lowest BCUT2D eigenvalue weighted by molar-refractivity contribution is 0.0402. The number of halogens is 2. The van der Waals surface area contributed by atoms with Crippen molar-refractivity contribution in [2.24, 2.45) is 5.41 Å². The number of alkyl halides is 2. The summed E-state index contributed by atoms with van der Waals surface area (Å²) in [7, 11) is -1.13. The van der Waals surface area contributed by atoms with Gasteiger partial charge in [-0.2, -0.15) is 0 Å². The highest BCUT2D eigenvalue weighted by Gasteiger charge is 2.54. The summed E-state index contributed by atoms with van der Waals surface area (Å²) in [4.78, 5) is 13.1. The third-order valence-electron chi connectivity index (χ3n) is 7.17. The molecule has 0 atom stereocenters. The predicted molar refractivity (Wildman–Crippen MR) is 130 cm³/mol. The van der Waals surface area contributed by atoms with E-state index in [9.17, 15) is 17.2 Å². The van der Waals surface area contributed by atoms with Gasteiger partial charge in [-0.15, -0.1) is 0 Å². The molecular weight excluding hydrogens is 474 g/mol. The van der Waals surface area contributed by atoms with Crippen molar-refractivity contribution in [2.75, 3.05) is 49.7 Å². The quantitative estimate of drug-likeness (QED) is 0.576. The molecule has 0 unspecified atom stereocenters. The molecule has 1 spiro atoms. The van der Waals surface area contributed by atoms with Gasteiger partial charge < -0.3 is 10.2 Å². The van der Waals surface area contributed by atoms with Gasteiger partial charge in [-0.25, -0.2) is 31.5 Å². The Bertz CT molecular complexity index is 1430. The fourth-order valence-corrected chi connectivity index (χ4v) is 6.50. The van der Waals surface area contributed by atoms with Crippen molar-refractivity contribution in [3.05, 3.63) is 53.2 Å². The maximum Gasteiger partial charge on any atom is 0.281 e. The first-order chi connectivity index (χ1) is 16.6. The Hall–Kier alpha value is -2.89. The zero-order valence-electron chi connectivity index (χ0n) is 19.5. The average molecular weight is 501 g/mol. The lowest BCUT2D eigenvalue weighted by Gasteiger charge is -2.60. The van der Waals surface area contributed by atoms with Crippen LogP contribution in [0.4, 0.5) is 26.1 Å². The predicted octanol–water partition coefficient (Wildman–Crippen LogP) is 3.34. The zero-order valence-corrected chi connectivity index (χ0v) is 20.3. The van der Waals surface area contributed by atoms with Crippen LogP contribution < -0.4 is 10.2 Å². The largest absolute Gasteiger partial charge is 0.368 e. The van der Waals surface area contributed by atoms with Crippen molar-refractivity contribution >= 4 is 38.2 Å². The normalized spacial score (nSPS) is 19.7. The minimum Gasteiger partial charge on any atom is -0.368 e. The molecule has 11 heteroatoms. The lowest BCUT2D eigenvalue weighted by Crippen LogP contribution is -2.72. The Morgan fingerprint density at radius 3 is 2.49 bits per heavy atom. The van der Waals surface area contributed by atoms with Crippen LogP contribution in [-0.4, -0.2) is 67.1 Å². The van der Waals surface area contributed by atoms with E-state index < -0.39 is 16.4 Å². The van der Waals surface area contributed by atoms with Crippen LogP contribution in [0.2, 0.25) is 0 Å². The van der Waals surface area contributed by atoms with Crippen molar-refractivity contribution < 1.29 is 17.2 Å². The maximum absolute atomic E-state index is 14.0. The number of aromatic nitrogens is 2. The summed E-state index contributed by atoms with van der Waals surface area (Å²) < 4.78 is 53.0. The minimum atomic E-state index is -3.19. The van der Waals surface area contributed by atoms with Crippen LogP contribution in [0.3, 0.4) is 0 Å². The molecule has 0 bridgehead atoms. The van der Waals surface area contributed by atoms with E-state index in [1.807, 2.05) is 24.3 Å². The Morgan fingerprint density at radius 1 is 1.03 bits per heavy atom. The second-order valence-corrected chi connectivity index (χ2v) is 12.1. The van der Waals surface area contributed by atoms with E-state index in [0.717, 1.165) is 24.5 Å². The van der Waals surface area contributed by atoms with Crippen molar-refractivity contribution in [1.82, 2.24) is 19.2 Å². The van der Waals surface area contributed by atoms with Gasteiger partial charge in [0.25, 0.3) is 6.43 Å². The first-order valence-corrected chi connectivity index (χ1v) is 13.3. The number of para-hydroxylation sites is 1. The van der Waals surface area contributed by atoms with E-state index >= 15 is 0 Å². The molecule has 2 saturated heterocycles. The Balaban J connectivity index is 1.31. The fraction of sp³-hybridized carbons (Fsp3) is 0.417. The summed E-state index contributed by atoms with van der Waals surface area (Å²) in [6, 6.07) is 11.2. The monoisotopic (exact) mass is 500 g/mol. The summed E-state index contributed by atoms with van der Waals surface area (Å²) in [6.07, 6.45) is -1.53. The van der Waals surface area contributed by atoms with Crippen LogP contribution in [0.15, 0.2) is 36.4 Å². The van der Waals surface area contributed by atoms with Crippen molar-refractivity contribution in [3.63, 3.8) is 0 Å². The number of rotatable bonds is 5. The number of hydrogen-bond donors (Lipinski definition) is 1. The molecule has 184 valence electrons. The highest BCUT2D eigenvalue weighted by atomic mass is 32.2. The summed E-state index contributed by atoms with van der Waals surface area (Å²) in [5.74, 6) is 0.133. The number of nitrogens with zero attached hydrogens (tertiary/aromatic N) is 5. The van der Waals surface area contributed by atoms with Gasteiger partial charge in [-0.3, -0.25) is 4.90 Å². The fourth-order valence-electron chi connectivity index (χ4n) is 5.48. The molecule has 1 N–H and O–H groups in total. The van der Waals surface area contributed by atoms with Crippen LogP contribution in [-0.2, 0) is 23.1 Å². The molecule has 3 aliphatic heterocycles. The van der Waals surface area contributed by atoms with Gasteiger partial charge in [0.05, 0.1) is 17.5 Å². The molecule has 0 saturated carbocycles. The van der Waals surface area contributed by atoms with E-state index in [-0.39, 0.29) is 17.1 Å². The molecule has 4 heterocycles. The number of fused-ring (bicyclic) bond motifs is 2. The second kappa shape index (κ2) is 7.81. The summed E-state index contributed by atoms with van der Waals surface area (Å²) in [5.41, 5.74) is 4.05. The maximum atomic E-state index is 14.0. The van der Waals surface area contributed by atoms with Gasteiger partial charge in [-0.05, 0) is 36.4 Å². The molecular formula is C24H26F2N6O2S. The number of benzene rings is 2. The number of anilines is 3. The van der Waals surface area contributed by atoms with Gasteiger partial charge in [0.1, 0.15) is 5.69 Å². The van der Waals surface area contributed by atoms with E-state index in [1.165, 1.54) is 21.7 Å². The molecule has 0 aliphatic carbocycles. The highest BCUT2D eigenvalue weighted by molar-refractivity contribution is 7.88. The van der Waals surface area contributed by atoms with Crippen LogP contribution >= 0.6 is 0 Å². The summed E-state index contributed by atoms with van der Waals surface area (Å²) in [6.45, 7) is 4.03. The van der Waals surface area contributed by atoms with E-state index in [1.54, 1.807) is 12.1 Å². The van der Waals surface area contributed by atoms with Gasteiger partial charge in [0.2, 0.25) is 16.0 Å². The third-order valence-corrected chi connectivity index (χ3v) is 8.37. The van der Waals surface area contributed by atoms with Gasteiger partial charge in [0, 0.05) is 55.8 Å². The molecule has 2 aromatic carbocycles. The molecule has 0 amide bonds. The Kier molecular flexibility index (Phi) is 5.03. The minimum absolute atomic E-state index is 0.0809. The van der Waals surface area contributed by atoms with Crippen molar-refractivity contribution in [2.45, 2.75) is 19.5 Å². The third kappa shape index (κ3) is 3.91. The average Bonchev–Trinajstić information content (AvgIpc) is 3.09. The molecule has 1 aromatic heterocycles. The first-order valence-electron chi connectivity index (χ1n) is 11.5. The van der Waals surface area contributed by atoms with Gasteiger partial charge in [-0.1, -0.05) is 18.2 Å². The molecule has 2 fully saturated rings. The Labute approximate surface area is 202 Å². The topological polar surface area (TPSA) is 81.7 Å². The number of sulfonamides is 1.